The maximum absolute atomic E-state index is 11.4. The van der Waals surface area contributed by atoms with E-state index in [2.05, 4.69) is 17.2 Å². The lowest BCUT2D eigenvalue weighted by Crippen LogP contribution is -2.17. The molecule has 0 aliphatic heterocycles. The van der Waals surface area contributed by atoms with Crippen molar-refractivity contribution in [3.05, 3.63) is 69.7 Å². The number of halogens is 1. The van der Waals surface area contributed by atoms with Crippen LogP contribution >= 0.6 is 11.6 Å². The van der Waals surface area contributed by atoms with Crippen molar-refractivity contribution < 1.29 is 9.59 Å². The lowest BCUT2D eigenvalue weighted by Gasteiger charge is -1.99. The molecule has 0 aliphatic carbocycles. The van der Waals surface area contributed by atoms with E-state index in [1.165, 1.54) is 0 Å². The zero-order valence-corrected chi connectivity index (χ0v) is 12.1. The van der Waals surface area contributed by atoms with Crippen molar-refractivity contribution >= 4 is 23.8 Å². The molecule has 0 saturated carbocycles. The average molecular weight is 298 g/mol. The fourth-order valence-electron chi connectivity index (χ4n) is 1.71. The van der Waals surface area contributed by atoms with E-state index in [0.717, 1.165) is 5.56 Å². The smallest absolute Gasteiger partial charge is 0.251 e. The van der Waals surface area contributed by atoms with Gasteiger partial charge in [0.2, 0.25) is 0 Å². The molecule has 0 heterocycles. The Morgan fingerprint density at radius 3 is 2.33 bits per heavy atom. The standard InChI is InChI=1S/C17H12ClNO2/c1-19-17(21)14-7-4-12(5-8-14)2-3-13-6-9-16(18)15(10-13)11-20/h4-11H,1H3,(H,19,21). The molecule has 2 aromatic carbocycles. The molecular weight excluding hydrogens is 286 g/mol. The van der Waals surface area contributed by atoms with Gasteiger partial charge in [-0.1, -0.05) is 23.4 Å². The summed E-state index contributed by atoms with van der Waals surface area (Å²) in [6.07, 6.45) is 0.700. The molecule has 0 aliphatic rings. The quantitative estimate of drug-likeness (QED) is 0.684. The van der Waals surface area contributed by atoms with Gasteiger partial charge in [-0.2, -0.15) is 0 Å². The maximum atomic E-state index is 11.4. The maximum Gasteiger partial charge on any atom is 0.251 e. The highest BCUT2D eigenvalue weighted by Gasteiger charge is 2.01. The Morgan fingerprint density at radius 2 is 1.71 bits per heavy atom. The lowest BCUT2D eigenvalue weighted by atomic mass is 10.1. The molecule has 0 fully saturated rings. The topological polar surface area (TPSA) is 46.2 Å². The highest BCUT2D eigenvalue weighted by molar-refractivity contribution is 6.32. The van der Waals surface area contributed by atoms with E-state index in [1.807, 2.05) is 0 Å². The van der Waals surface area contributed by atoms with Crippen molar-refractivity contribution in [2.24, 2.45) is 0 Å². The van der Waals surface area contributed by atoms with Gasteiger partial charge in [0.15, 0.2) is 6.29 Å². The number of hydrogen-bond acceptors (Lipinski definition) is 2. The van der Waals surface area contributed by atoms with Crippen molar-refractivity contribution in [3.63, 3.8) is 0 Å². The summed E-state index contributed by atoms with van der Waals surface area (Å²) in [6, 6.07) is 12.0. The van der Waals surface area contributed by atoms with Crippen LogP contribution in [0.4, 0.5) is 0 Å². The van der Waals surface area contributed by atoms with Crippen LogP contribution in [0.25, 0.3) is 0 Å². The minimum Gasteiger partial charge on any atom is -0.355 e. The summed E-state index contributed by atoms with van der Waals surface area (Å²) in [4.78, 5) is 22.2. The van der Waals surface area contributed by atoms with E-state index in [-0.39, 0.29) is 5.91 Å². The van der Waals surface area contributed by atoms with Gasteiger partial charge in [0.05, 0.1) is 5.02 Å². The Bertz CT molecular complexity index is 740. The first-order chi connectivity index (χ1) is 10.1. The minimum absolute atomic E-state index is 0.136. The lowest BCUT2D eigenvalue weighted by molar-refractivity contribution is 0.0962. The third-order valence-corrected chi connectivity index (χ3v) is 3.19. The Hall–Kier alpha value is -2.57. The van der Waals surface area contributed by atoms with Crippen LogP contribution in [0.3, 0.4) is 0 Å². The summed E-state index contributed by atoms with van der Waals surface area (Å²) < 4.78 is 0. The number of nitrogens with one attached hydrogen (secondary N) is 1. The van der Waals surface area contributed by atoms with Crippen molar-refractivity contribution in [1.82, 2.24) is 5.32 Å². The van der Waals surface area contributed by atoms with E-state index in [0.29, 0.717) is 28.0 Å². The van der Waals surface area contributed by atoms with Gasteiger partial charge in [-0.05, 0) is 42.5 Å². The summed E-state index contributed by atoms with van der Waals surface area (Å²) >= 11 is 5.86. The van der Waals surface area contributed by atoms with Crippen molar-refractivity contribution in [2.45, 2.75) is 0 Å². The van der Waals surface area contributed by atoms with Gasteiger partial charge in [0.25, 0.3) is 5.91 Å². The highest BCUT2D eigenvalue weighted by atomic mass is 35.5. The van der Waals surface area contributed by atoms with Crippen LogP contribution in [0, 0.1) is 11.8 Å². The molecule has 2 aromatic rings. The first kappa shape index (κ1) is 14.8. The van der Waals surface area contributed by atoms with Gasteiger partial charge in [0, 0.05) is 29.3 Å². The van der Waals surface area contributed by atoms with E-state index in [4.69, 9.17) is 11.6 Å². The summed E-state index contributed by atoms with van der Waals surface area (Å²) in [6.45, 7) is 0. The summed E-state index contributed by atoms with van der Waals surface area (Å²) in [5, 5.41) is 2.96. The first-order valence-corrected chi connectivity index (χ1v) is 6.60. The van der Waals surface area contributed by atoms with Crippen molar-refractivity contribution in [2.75, 3.05) is 7.05 Å². The number of rotatable bonds is 2. The molecule has 0 unspecified atom stereocenters. The molecule has 0 aromatic heterocycles. The average Bonchev–Trinajstić information content (AvgIpc) is 2.53. The molecule has 21 heavy (non-hydrogen) atoms. The number of aldehydes is 1. The monoisotopic (exact) mass is 297 g/mol. The van der Waals surface area contributed by atoms with E-state index in [9.17, 15) is 9.59 Å². The van der Waals surface area contributed by atoms with Crippen LogP contribution in [0.2, 0.25) is 5.02 Å². The van der Waals surface area contributed by atoms with Crippen molar-refractivity contribution in [3.8, 4) is 11.8 Å². The molecule has 0 bridgehead atoms. The number of benzene rings is 2. The van der Waals surface area contributed by atoms with Gasteiger partial charge in [0.1, 0.15) is 0 Å². The second-order valence-corrected chi connectivity index (χ2v) is 4.67. The number of carbonyl (C=O) groups is 2. The first-order valence-electron chi connectivity index (χ1n) is 6.23. The fourth-order valence-corrected chi connectivity index (χ4v) is 1.87. The van der Waals surface area contributed by atoms with Gasteiger partial charge < -0.3 is 5.32 Å². The second-order valence-electron chi connectivity index (χ2n) is 4.26. The van der Waals surface area contributed by atoms with Gasteiger partial charge in [-0.25, -0.2) is 0 Å². The third kappa shape index (κ3) is 3.71. The summed E-state index contributed by atoms with van der Waals surface area (Å²) in [5.41, 5.74) is 2.48. The fraction of sp³-hybridized carbons (Fsp3) is 0.0588. The summed E-state index contributed by atoms with van der Waals surface area (Å²) in [7, 11) is 1.58. The van der Waals surface area contributed by atoms with Crippen LogP contribution in [0.15, 0.2) is 42.5 Å². The van der Waals surface area contributed by atoms with Crippen LogP contribution in [0.1, 0.15) is 31.8 Å². The summed E-state index contributed by atoms with van der Waals surface area (Å²) in [5.74, 6) is 5.80. The van der Waals surface area contributed by atoms with Gasteiger partial charge in [-0.3, -0.25) is 9.59 Å². The molecule has 3 nitrogen and oxygen atoms in total. The third-order valence-electron chi connectivity index (χ3n) is 2.85. The molecule has 2 rings (SSSR count). The molecule has 0 radical (unpaired) electrons. The van der Waals surface area contributed by atoms with E-state index in [1.54, 1.807) is 49.5 Å². The van der Waals surface area contributed by atoms with Crippen LogP contribution < -0.4 is 5.32 Å². The zero-order chi connectivity index (χ0) is 15.2. The molecular formula is C17H12ClNO2. The van der Waals surface area contributed by atoms with E-state index < -0.39 is 0 Å². The molecule has 0 atom stereocenters. The van der Waals surface area contributed by atoms with Crippen LogP contribution in [-0.2, 0) is 0 Å². The van der Waals surface area contributed by atoms with Crippen LogP contribution in [-0.4, -0.2) is 19.2 Å². The van der Waals surface area contributed by atoms with Gasteiger partial charge in [-0.15, -0.1) is 0 Å². The molecule has 0 spiro atoms. The normalized spacial score (nSPS) is 9.43. The van der Waals surface area contributed by atoms with Crippen LogP contribution in [0.5, 0.6) is 0 Å². The van der Waals surface area contributed by atoms with Crippen molar-refractivity contribution in [1.29, 1.82) is 0 Å². The SMILES string of the molecule is CNC(=O)c1ccc(C#Cc2ccc(Cl)c(C=O)c2)cc1. The zero-order valence-electron chi connectivity index (χ0n) is 11.3. The predicted octanol–water partition coefficient (Wildman–Crippen LogP) is 2.91. The molecule has 0 saturated heterocycles. The largest absolute Gasteiger partial charge is 0.355 e. The molecule has 4 heteroatoms. The Labute approximate surface area is 127 Å². The van der Waals surface area contributed by atoms with Gasteiger partial charge >= 0.3 is 0 Å². The number of hydrogen-bond donors (Lipinski definition) is 1. The Balaban J connectivity index is 2.23. The molecule has 1 N–H and O–H groups in total. The Morgan fingerprint density at radius 1 is 1.10 bits per heavy atom. The minimum atomic E-state index is -0.136. The Kier molecular flexibility index (Phi) is 4.76. The molecule has 1 amide bonds. The molecule has 104 valence electrons. The van der Waals surface area contributed by atoms with E-state index >= 15 is 0 Å². The number of carbonyl (C=O) groups excluding carboxylic acids is 2. The highest BCUT2D eigenvalue weighted by Crippen LogP contribution is 2.15. The number of amides is 1. The second kappa shape index (κ2) is 6.74. The predicted molar refractivity (Wildman–Crippen MR) is 82.7 cm³/mol.